The second-order valence-corrected chi connectivity index (χ2v) is 7.28. The largest absolute Gasteiger partial charge is 0.445 e. The first-order chi connectivity index (χ1) is 12.8. The molecule has 1 aromatic carbocycles. The fraction of sp³-hybridized carbons (Fsp3) is 0.636. The molecule has 1 aromatic rings. The maximum absolute atomic E-state index is 12.8. The van der Waals surface area contributed by atoms with Crippen molar-refractivity contribution in [3.63, 3.8) is 0 Å². The van der Waals surface area contributed by atoms with Crippen molar-refractivity contribution in [3.05, 3.63) is 35.9 Å². The number of rotatable bonds is 11. The number of nitrogens with zero attached hydrogens (tertiary/aromatic N) is 1. The predicted octanol–water partition coefficient (Wildman–Crippen LogP) is 5.50. The molecule has 0 radical (unpaired) electrons. The first-order valence-electron chi connectivity index (χ1n) is 10.2. The van der Waals surface area contributed by atoms with Gasteiger partial charge in [0.25, 0.3) is 0 Å². The summed E-state index contributed by atoms with van der Waals surface area (Å²) < 4.78 is 5.60. The van der Waals surface area contributed by atoms with E-state index in [-0.39, 0.29) is 18.2 Å². The van der Waals surface area contributed by atoms with Gasteiger partial charge in [-0.1, -0.05) is 69.4 Å². The van der Waals surface area contributed by atoms with E-state index >= 15 is 0 Å². The molecule has 2 rings (SSSR count). The van der Waals surface area contributed by atoms with E-state index in [1.807, 2.05) is 35.2 Å². The van der Waals surface area contributed by atoms with E-state index in [9.17, 15) is 9.59 Å². The normalized spacial score (nSPS) is 19.5. The van der Waals surface area contributed by atoms with Crippen molar-refractivity contribution in [2.45, 2.75) is 89.8 Å². The van der Waals surface area contributed by atoms with Crippen LogP contribution in [0.5, 0.6) is 0 Å². The Labute approximate surface area is 157 Å². The summed E-state index contributed by atoms with van der Waals surface area (Å²) in [6, 6.07) is 10.2. The highest BCUT2D eigenvalue weighted by molar-refractivity contribution is 5.69. The Kier molecular flexibility index (Phi) is 9.22. The van der Waals surface area contributed by atoms with Crippen LogP contribution in [0.25, 0.3) is 0 Å². The molecular weight excluding hydrogens is 326 g/mol. The van der Waals surface area contributed by atoms with Gasteiger partial charge < -0.3 is 14.4 Å². The molecule has 0 aliphatic carbocycles. The topological polar surface area (TPSA) is 46.6 Å². The molecule has 0 aromatic heterocycles. The number of aldehydes is 1. The summed E-state index contributed by atoms with van der Waals surface area (Å²) in [5.74, 6) is 0. The lowest BCUT2D eigenvalue weighted by atomic mass is 10.0. The zero-order chi connectivity index (χ0) is 18.6. The van der Waals surface area contributed by atoms with Crippen LogP contribution in [0.4, 0.5) is 4.79 Å². The minimum Gasteiger partial charge on any atom is -0.445 e. The van der Waals surface area contributed by atoms with Crippen molar-refractivity contribution in [1.29, 1.82) is 0 Å². The monoisotopic (exact) mass is 359 g/mol. The van der Waals surface area contributed by atoms with Crippen LogP contribution in [0.1, 0.15) is 76.7 Å². The summed E-state index contributed by atoms with van der Waals surface area (Å²) in [5.41, 5.74) is 1.00. The minimum atomic E-state index is -0.221. The average Bonchev–Trinajstić information content (AvgIpc) is 3.08. The van der Waals surface area contributed by atoms with Crippen molar-refractivity contribution < 1.29 is 14.3 Å². The summed E-state index contributed by atoms with van der Waals surface area (Å²) in [4.78, 5) is 25.5. The second-order valence-electron chi connectivity index (χ2n) is 7.28. The van der Waals surface area contributed by atoms with E-state index in [0.29, 0.717) is 13.0 Å². The number of amides is 1. The van der Waals surface area contributed by atoms with Crippen LogP contribution in [0.15, 0.2) is 30.3 Å². The van der Waals surface area contributed by atoms with Crippen molar-refractivity contribution in [3.8, 4) is 0 Å². The van der Waals surface area contributed by atoms with Gasteiger partial charge in [0.15, 0.2) is 0 Å². The third-order valence-electron chi connectivity index (χ3n) is 5.29. The molecule has 0 N–H and O–H groups in total. The average molecular weight is 360 g/mol. The van der Waals surface area contributed by atoms with Gasteiger partial charge in [-0.15, -0.1) is 0 Å². The molecule has 26 heavy (non-hydrogen) atoms. The maximum Gasteiger partial charge on any atom is 0.410 e. The van der Waals surface area contributed by atoms with E-state index in [0.717, 1.165) is 44.0 Å². The predicted molar refractivity (Wildman–Crippen MR) is 104 cm³/mol. The molecule has 4 nitrogen and oxygen atoms in total. The van der Waals surface area contributed by atoms with Gasteiger partial charge in [0.1, 0.15) is 12.9 Å². The minimum absolute atomic E-state index is 0.143. The van der Waals surface area contributed by atoms with Crippen LogP contribution >= 0.6 is 0 Å². The Morgan fingerprint density at radius 2 is 1.77 bits per heavy atom. The lowest BCUT2D eigenvalue weighted by Gasteiger charge is -2.29. The molecular formula is C22H33NO3. The van der Waals surface area contributed by atoms with Crippen molar-refractivity contribution >= 4 is 12.4 Å². The van der Waals surface area contributed by atoms with Gasteiger partial charge in [0.2, 0.25) is 0 Å². The zero-order valence-electron chi connectivity index (χ0n) is 16.1. The third-order valence-corrected chi connectivity index (χ3v) is 5.29. The molecule has 0 bridgehead atoms. The fourth-order valence-corrected chi connectivity index (χ4v) is 3.86. The van der Waals surface area contributed by atoms with Gasteiger partial charge in [0, 0.05) is 18.5 Å². The van der Waals surface area contributed by atoms with Gasteiger partial charge in [-0.2, -0.15) is 0 Å². The first kappa shape index (κ1) is 20.5. The summed E-state index contributed by atoms with van der Waals surface area (Å²) in [6.45, 7) is 2.53. The number of hydrogen-bond donors (Lipinski definition) is 0. The number of carbonyl (C=O) groups excluding carboxylic acids is 2. The quantitative estimate of drug-likeness (QED) is 0.387. The molecule has 1 fully saturated rings. The smallest absolute Gasteiger partial charge is 0.410 e. The van der Waals surface area contributed by atoms with Gasteiger partial charge in [-0.3, -0.25) is 0 Å². The standard InChI is InChI=1S/C22H33NO3/c1-2-3-4-5-9-13-20-15-16-21(14-10-17-24)23(20)22(25)26-18-19-11-7-6-8-12-19/h6-8,11-12,17,20-21H,2-5,9-10,13-16,18H2,1H3/t20-,21-/m1/s1. The molecule has 4 heteroatoms. The SMILES string of the molecule is CCCCCCC[C@@H]1CC[C@@H](CCC=O)N1C(=O)OCc1ccccc1. The third kappa shape index (κ3) is 6.47. The van der Waals surface area contributed by atoms with Crippen LogP contribution in [0, 0.1) is 0 Å². The Bertz CT molecular complexity index is 531. The highest BCUT2D eigenvalue weighted by Gasteiger charge is 2.37. The van der Waals surface area contributed by atoms with Crippen molar-refractivity contribution in [2.24, 2.45) is 0 Å². The molecule has 1 saturated heterocycles. The fourth-order valence-electron chi connectivity index (χ4n) is 3.86. The molecule has 0 spiro atoms. The van der Waals surface area contributed by atoms with Gasteiger partial charge >= 0.3 is 6.09 Å². The number of unbranched alkanes of at least 4 members (excludes halogenated alkanes) is 4. The van der Waals surface area contributed by atoms with E-state index < -0.39 is 0 Å². The molecule has 144 valence electrons. The lowest BCUT2D eigenvalue weighted by molar-refractivity contribution is -0.108. The Balaban J connectivity index is 1.89. The molecule has 0 unspecified atom stereocenters. The summed E-state index contributed by atoms with van der Waals surface area (Å²) in [7, 11) is 0. The van der Waals surface area contributed by atoms with Crippen LogP contribution in [-0.2, 0) is 16.1 Å². The number of likely N-dealkylation sites (tertiary alicyclic amines) is 1. The summed E-state index contributed by atoms with van der Waals surface area (Å²) >= 11 is 0. The summed E-state index contributed by atoms with van der Waals surface area (Å²) in [6.07, 6.45) is 11.2. The molecule has 1 aliphatic rings. The second kappa shape index (κ2) is 11.7. The zero-order valence-corrected chi connectivity index (χ0v) is 16.1. The number of carbonyl (C=O) groups is 2. The summed E-state index contributed by atoms with van der Waals surface area (Å²) in [5, 5.41) is 0. The number of benzene rings is 1. The molecule has 1 aliphatic heterocycles. The maximum atomic E-state index is 12.8. The van der Waals surface area contributed by atoms with E-state index in [1.54, 1.807) is 0 Å². The van der Waals surface area contributed by atoms with Crippen LogP contribution < -0.4 is 0 Å². The molecule has 1 amide bonds. The van der Waals surface area contributed by atoms with Crippen LogP contribution in [0.3, 0.4) is 0 Å². The highest BCUT2D eigenvalue weighted by Crippen LogP contribution is 2.31. The van der Waals surface area contributed by atoms with Crippen LogP contribution in [-0.4, -0.2) is 29.4 Å². The first-order valence-corrected chi connectivity index (χ1v) is 10.2. The van der Waals surface area contributed by atoms with E-state index in [2.05, 4.69) is 6.92 Å². The number of ether oxygens (including phenoxy) is 1. The Morgan fingerprint density at radius 3 is 2.46 bits per heavy atom. The van der Waals surface area contributed by atoms with Crippen LogP contribution in [0.2, 0.25) is 0 Å². The van der Waals surface area contributed by atoms with Gasteiger partial charge in [0.05, 0.1) is 0 Å². The highest BCUT2D eigenvalue weighted by atomic mass is 16.6. The Morgan fingerprint density at radius 1 is 1.08 bits per heavy atom. The van der Waals surface area contributed by atoms with E-state index in [4.69, 9.17) is 4.74 Å². The van der Waals surface area contributed by atoms with Gasteiger partial charge in [-0.05, 0) is 31.2 Å². The molecule has 2 atom stereocenters. The lowest BCUT2D eigenvalue weighted by Crippen LogP contribution is -2.41. The van der Waals surface area contributed by atoms with E-state index in [1.165, 1.54) is 25.7 Å². The molecule has 1 heterocycles. The molecule has 0 saturated carbocycles. The van der Waals surface area contributed by atoms with Crippen molar-refractivity contribution in [2.75, 3.05) is 0 Å². The van der Waals surface area contributed by atoms with Crippen molar-refractivity contribution in [1.82, 2.24) is 4.90 Å². The Hall–Kier alpha value is -1.84. The number of hydrogen-bond acceptors (Lipinski definition) is 3. The van der Waals surface area contributed by atoms with Gasteiger partial charge in [-0.25, -0.2) is 4.79 Å².